The van der Waals surface area contributed by atoms with E-state index in [0.717, 1.165) is 49.2 Å². The van der Waals surface area contributed by atoms with Crippen molar-refractivity contribution in [1.82, 2.24) is 9.47 Å². The van der Waals surface area contributed by atoms with Gasteiger partial charge < -0.3 is 14.2 Å². The molecule has 1 saturated heterocycles. The van der Waals surface area contributed by atoms with E-state index in [0.29, 0.717) is 6.54 Å². The van der Waals surface area contributed by atoms with Crippen molar-refractivity contribution < 1.29 is 9.53 Å². The molecule has 1 aliphatic heterocycles. The van der Waals surface area contributed by atoms with Crippen molar-refractivity contribution in [3.8, 4) is 0 Å². The summed E-state index contributed by atoms with van der Waals surface area (Å²) in [4.78, 5) is 15.2. The summed E-state index contributed by atoms with van der Waals surface area (Å²) in [6.07, 6.45) is 3.31. The Morgan fingerprint density at radius 2 is 2.17 bits per heavy atom. The molecule has 0 bridgehead atoms. The largest absolute Gasteiger partial charge is 0.376 e. The van der Waals surface area contributed by atoms with Crippen LogP contribution in [0.15, 0.2) is 18.2 Å². The normalized spacial score (nSPS) is 17.6. The van der Waals surface area contributed by atoms with E-state index in [-0.39, 0.29) is 12.0 Å². The minimum absolute atomic E-state index is 0.126. The molecule has 130 valence electrons. The molecule has 0 aliphatic carbocycles. The maximum absolute atomic E-state index is 13.3. The highest BCUT2D eigenvalue weighted by molar-refractivity contribution is 6.01. The van der Waals surface area contributed by atoms with E-state index >= 15 is 0 Å². The van der Waals surface area contributed by atoms with Crippen LogP contribution in [-0.2, 0) is 11.8 Å². The number of rotatable bonds is 5. The molecule has 0 spiro atoms. The summed E-state index contributed by atoms with van der Waals surface area (Å²) in [5.41, 5.74) is 4.23. The molecule has 1 amide bonds. The molecule has 4 heteroatoms. The third-order valence-electron chi connectivity index (χ3n) is 5.04. The van der Waals surface area contributed by atoms with Gasteiger partial charge in [-0.3, -0.25) is 4.79 Å². The van der Waals surface area contributed by atoms with Gasteiger partial charge in [-0.1, -0.05) is 18.6 Å². The van der Waals surface area contributed by atoms with Crippen molar-refractivity contribution in [2.75, 3.05) is 19.7 Å². The van der Waals surface area contributed by atoms with E-state index in [2.05, 4.69) is 39.0 Å². The van der Waals surface area contributed by atoms with Crippen LogP contribution >= 0.6 is 0 Å². The Kier molecular flexibility index (Phi) is 4.95. The lowest BCUT2D eigenvalue weighted by molar-refractivity contribution is 0.0519. The number of amides is 1. The number of fused-ring (bicyclic) bond motifs is 1. The van der Waals surface area contributed by atoms with Crippen LogP contribution in [0.1, 0.15) is 47.8 Å². The van der Waals surface area contributed by atoms with Crippen molar-refractivity contribution in [2.45, 2.75) is 46.1 Å². The fourth-order valence-electron chi connectivity index (χ4n) is 3.78. The summed E-state index contributed by atoms with van der Waals surface area (Å²) >= 11 is 0. The van der Waals surface area contributed by atoms with Gasteiger partial charge in [0, 0.05) is 37.6 Å². The average Bonchev–Trinajstić information content (AvgIpc) is 3.14. The highest BCUT2D eigenvalue weighted by Crippen LogP contribution is 2.27. The summed E-state index contributed by atoms with van der Waals surface area (Å²) in [6, 6.07) is 6.39. The van der Waals surface area contributed by atoms with Crippen LogP contribution in [0.2, 0.25) is 0 Å². The van der Waals surface area contributed by atoms with Crippen molar-refractivity contribution in [1.29, 1.82) is 0 Å². The highest BCUT2D eigenvalue weighted by atomic mass is 16.5. The van der Waals surface area contributed by atoms with Gasteiger partial charge in [0.1, 0.15) is 5.69 Å². The second-order valence-electron chi connectivity index (χ2n) is 6.94. The minimum atomic E-state index is 0.126. The predicted molar refractivity (Wildman–Crippen MR) is 97.6 cm³/mol. The van der Waals surface area contributed by atoms with Crippen LogP contribution in [-0.4, -0.2) is 41.2 Å². The maximum atomic E-state index is 13.3. The predicted octanol–water partition coefficient (Wildman–Crippen LogP) is 3.83. The molecule has 1 aromatic carbocycles. The van der Waals surface area contributed by atoms with E-state index in [4.69, 9.17) is 4.74 Å². The Bertz CT molecular complexity index is 742. The zero-order chi connectivity index (χ0) is 17.3. The number of nitrogens with zero attached hydrogens (tertiary/aromatic N) is 2. The van der Waals surface area contributed by atoms with Crippen LogP contribution < -0.4 is 0 Å². The summed E-state index contributed by atoms with van der Waals surface area (Å²) in [5, 5.41) is 1.18. The monoisotopic (exact) mass is 328 g/mol. The Morgan fingerprint density at radius 3 is 2.83 bits per heavy atom. The van der Waals surface area contributed by atoms with Gasteiger partial charge in [0.2, 0.25) is 0 Å². The first-order valence-electron chi connectivity index (χ1n) is 8.99. The van der Waals surface area contributed by atoms with Crippen LogP contribution in [0.3, 0.4) is 0 Å². The number of carbonyl (C=O) groups is 1. The second kappa shape index (κ2) is 6.98. The number of hydrogen-bond acceptors (Lipinski definition) is 2. The SMILES string of the molecule is CCCN(C[C@@H]1CCCO1)C(=O)c1c(C)c2cc(C)ccc2n1C. The maximum Gasteiger partial charge on any atom is 0.270 e. The zero-order valence-corrected chi connectivity index (χ0v) is 15.3. The average molecular weight is 328 g/mol. The summed E-state index contributed by atoms with van der Waals surface area (Å²) in [6.45, 7) is 8.57. The van der Waals surface area contributed by atoms with E-state index in [1.54, 1.807) is 0 Å². The molecule has 4 nitrogen and oxygen atoms in total. The minimum Gasteiger partial charge on any atom is -0.376 e. The standard InChI is InChI=1S/C20H28N2O2/c1-5-10-22(13-16-7-6-11-24-16)20(23)19-15(3)17-12-14(2)8-9-18(17)21(19)4/h8-9,12,16H,5-7,10-11,13H2,1-4H3/t16-/m0/s1. The number of ether oxygens (including phenoxy) is 1. The van der Waals surface area contributed by atoms with E-state index in [1.807, 2.05) is 16.5 Å². The number of aryl methyl sites for hydroxylation is 3. The molecule has 0 unspecified atom stereocenters. The third kappa shape index (κ3) is 3.07. The molecule has 3 rings (SSSR count). The molecule has 1 fully saturated rings. The molecular weight excluding hydrogens is 300 g/mol. The van der Waals surface area contributed by atoms with Gasteiger partial charge in [0.05, 0.1) is 6.10 Å². The summed E-state index contributed by atoms with van der Waals surface area (Å²) in [5.74, 6) is 0.126. The van der Waals surface area contributed by atoms with Gasteiger partial charge >= 0.3 is 0 Å². The molecule has 0 saturated carbocycles. The Balaban J connectivity index is 1.95. The number of carbonyl (C=O) groups excluding carboxylic acids is 1. The van der Waals surface area contributed by atoms with Crippen molar-refractivity contribution in [3.63, 3.8) is 0 Å². The van der Waals surface area contributed by atoms with E-state index < -0.39 is 0 Å². The van der Waals surface area contributed by atoms with Gasteiger partial charge in [0.25, 0.3) is 5.91 Å². The number of aromatic nitrogens is 1. The Hall–Kier alpha value is -1.81. The van der Waals surface area contributed by atoms with Crippen LogP contribution in [0.4, 0.5) is 0 Å². The molecule has 1 atom stereocenters. The first-order chi connectivity index (χ1) is 11.5. The molecule has 1 aromatic heterocycles. The van der Waals surface area contributed by atoms with E-state index in [9.17, 15) is 4.79 Å². The highest BCUT2D eigenvalue weighted by Gasteiger charge is 2.26. The number of hydrogen-bond donors (Lipinski definition) is 0. The smallest absolute Gasteiger partial charge is 0.270 e. The molecule has 24 heavy (non-hydrogen) atoms. The van der Waals surface area contributed by atoms with Gasteiger partial charge in [-0.25, -0.2) is 0 Å². The lowest BCUT2D eigenvalue weighted by atomic mass is 10.1. The van der Waals surface area contributed by atoms with Crippen molar-refractivity contribution in [2.24, 2.45) is 7.05 Å². The lowest BCUT2D eigenvalue weighted by Crippen LogP contribution is -2.39. The van der Waals surface area contributed by atoms with Crippen molar-refractivity contribution in [3.05, 3.63) is 35.0 Å². The molecule has 1 aliphatic rings. The molecule has 0 N–H and O–H groups in total. The van der Waals surface area contributed by atoms with Crippen LogP contribution in [0, 0.1) is 13.8 Å². The fraction of sp³-hybridized carbons (Fsp3) is 0.550. The third-order valence-corrected chi connectivity index (χ3v) is 5.04. The first-order valence-corrected chi connectivity index (χ1v) is 8.99. The van der Waals surface area contributed by atoms with Crippen LogP contribution in [0.25, 0.3) is 10.9 Å². The lowest BCUT2D eigenvalue weighted by Gasteiger charge is -2.25. The second-order valence-corrected chi connectivity index (χ2v) is 6.94. The van der Waals surface area contributed by atoms with Gasteiger partial charge in [-0.05, 0) is 50.8 Å². The Labute approximate surface area is 144 Å². The molecule has 0 radical (unpaired) electrons. The van der Waals surface area contributed by atoms with Gasteiger partial charge in [-0.2, -0.15) is 0 Å². The quantitative estimate of drug-likeness (QED) is 0.836. The molecular formula is C20H28N2O2. The van der Waals surface area contributed by atoms with Crippen molar-refractivity contribution >= 4 is 16.8 Å². The molecule has 2 aromatic rings. The fourth-order valence-corrected chi connectivity index (χ4v) is 3.78. The molecule has 2 heterocycles. The number of benzene rings is 1. The summed E-state index contributed by atoms with van der Waals surface area (Å²) in [7, 11) is 1.99. The topological polar surface area (TPSA) is 34.5 Å². The Morgan fingerprint density at radius 1 is 1.38 bits per heavy atom. The van der Waals surface area contributed by atoms with Gasteiger partial charge in [-0.15, -0.1) is 0 Å². The van der Waals surface area contributed by atoms with Gasteiger partial charge in [0.15, 0.2) is 0 Å². The zero-order valence-electron chi connectivity index (χ0n) is 15.3. The van der Waals surface area contributed by atoms with E-state index in [1.165, 1.54) is 10.9 Å². The van der Waals surface area contributed by atoms with Crippen LogP contribution in [0.5, 0.6) is 0 Å². The first kappa shape index (κ1) is 17.0. The summed E-state index contributed by atoms with van der Waals surface area (Å²) < 4.78 is 7.80.